The number of thiophene rings is 1. The maximum atomic E-state index is 12.0. The van der Waals surface area contributed by atoms with E-state index < -0.39 is 0 Å². The Labute approximate surface area is 168 Å². The van der Waals surface area contributed by atoms with Gasteiger partial charge in [-0.2, -0.15) is 0 Å². The monoisotopic (exact) mass is 400 g/mol. The number of nitrogens with two attached hydrogens (primary N) is 1. The summed E-state index contributed by atoms with van der Waals surface area (Å²) in [5, 5.41) is 5.53. The summed E-state index contributed by atoms with van der Waals surface area (Å²) in [7, 11) is 0. The first-order valence-electron chi connectivity index (χ1n) is 9.93. The third kappa shape index (κ3) is 4.20. The van der Waals surface area contributed by atoms with E-state index in [2.05, 4.69) is 35.8 Å². The van der Waals surface area contributed by atoms with Gasteiger partial charge < -0.3 is 19.4 Å². The Kier molecular flexibility index (Phi) is 5.92. The highest BCUT2D eigenvalue weighted by atomic mass is 32.1. The Morgan fingerprint density at radius 2 is 1.96 bits per heavy atom. The largest absolute Gasteiger partial charge is 0.423 e. The van der Waals surface area contributed by atoms with Crippen LogP contribution in [0.3, 0.4) is 0 Å². The number of morpholine rings is 1. The van der Waals surface area contributed by atoms with Crippen LogP contribution in [0.5, 0.6) is 0 Å². The van der Waals surface area contributed by atoms with Crippen LogP contribution in [-0.2, 0) is 11.3 Å². The fraction of sp³-hybridized carbons (Fsp3) is 0.409. The fourth-order valence-corrected chi connectivity index (χ4v) is 4.91. The number of aryl methyl sites for hydroxylation is 2. The van der Waals surface area contributed by atoms with Crippen LogP contribution in [0, 0.1) is 13.8 Å². The van der Waals surface area contributed by atoms with Crippen LogP contribution < -0.4 is 15.8 Å². The number of fused-ring (bicyclic) bond motifs is 1. The van der Waals surface area contributed by atoms with Crippen LogP contribution in [0.4, 0.5) is 0 Å². The normalized spacial score (nSPS) is 16.5. The molecule has 3 aromatic rings. The van der Waals surface area contributed by atoms with Gasteiger partial charge in [-0.05, 0) is 48.6 Å². The SMILES string of the molecule is Cc1cc2oc(=O)cc(C[NH2+]C[C@@H](c3cccs3)[NH+]3CCOCC3)c2cc1C. The standard InChI is InChI=1S/C22H26N2O3S/c1-15-10-18-17(12-22(25)27-20(18)11-16(15)2)13-23-14-19(21-4-3-9-28-21)24-5-7-26-8-6-24/h3-4,9-12,19,23H,5-8,13-14H2,1-2H3/p+2/t19-/m0/s1. The van der Waals surface area contributed by atoms with Gasteiger partial charge in [0, 0.05) is 17.0 Å². The van der Waals surface area contributed by atoms with Crippen molar-refractivity contribution in [2.24, 2.45) is 0 Å². The highest BCUT2D eigenvalue weighted by molar-refractivity contribution is 7.10. The van der Waals surface area contributed by atoms with Crippen molar-refractivity contribution in [3.63, 3.8) is 0 Å². The van der Waals surface area contributed by atoms with E-state index in [-0.39, 0.29) is 5.63 Å². The van der Waals surface area contributed by atoms with E-state index in [4.69, 9.17) is 9.15 Å². The average molecular weight is 401 g/mol. The van der Waals surface area contributed by atoms with Crippen LogP contribution in [0.1, 0.15) is 27.6 Å². The molecule has 6 heteroatoms. The van der Waals surface area contributed by atoms with Crippen LogP contribution in [-0.4, -0.2) is 32.8 Å². The van der Waals surface area contributed by atoms with Crippen LogP contribution in [0.25, 0.3) is 11.0 Å². The zero-order valence-corrected chi connectivity index (χ0v) is 17.3. The number of benzene rings is 1. The zero-order valence-electron chi connectivity index (χ0n) is 16.5. The number of hydrogen-bond acceptors (Lipinski definition) is 4. The number of hydrogen-bond donors (Lipinski definition) is 2. The predicted octanol–water partition coefficient (Wildman–Crippen LogP) is 1.19. The quantitative estimate of drug-likeness (QED) is 0.611. The van der Waals surface area contributed by atoms with E-state index in [0.29, 0.717) is 11.6 Å². The van der Waals surface area contributed by atoms with Crippen molar-refractivity contribution < 1.29 is 19.4 Å². The van der Waals surface area contributed by atoms with Crippen molar-refractivity contribution in [2.75, 3.05) is 32.8 Å². The summed E-state index contributed by atoms with van der Waals surface area (Å²) in [6, 6.07) is 10.6. The maximum Gasteiger partial charge on any atom is 0.336 e. The highest BCUT2D eigenvalue weighted by Crippen LogP contribution is 2.21. The Morgan fingerprint density at radius 1 is 1.18 bits per heavy atom. The van der Waals surface area contributed by atoms with Crippen molar-refractivity contribution in [3.8, 4) is 0 Å². The van der Waals surface area contributed by atoms with Crippen LogP contribution >= 0.6 is 11.3 Å². The highest BCUT2D eigenvalue weighted by Gasteiger charge is 2.28. The molecule has 1 atom stereocenters. The molecule has 0 saturated carbocycles. The summed E-state index contributed by atoms with van der Waals surface area (Å²) in [6.07, 6.45) is 0. The molecule has 1 saturated heterocycles. The molecular formula is C22H28N2O3S+2. The second-order valence-electron chi connectivity index (χ2n) is 7.59. The molecule has 1 aromatic carbocycles. The summed E-state index contributed by atoms with van der Waals surface area (Å²) in [6.45, 7) is 9.67. The molecule has 1 aliphatic rings. The van der Waals surface area contributed by atoms with Crippen molar-refractivity contribution in [1.82, 2.24) is 0 Å². The first-order chi connectivity index (χ1) is 13.6. The molecule has 0 amide bonds. The minimum Gasteiger partial charge on any atom is -0.423 e. The lowest BCUT2D eigenvalue weighted by Crippen LogP contribution is -3.16. The van der Waals surface area contributed by atoms with Crippen molar-refractivity contribution >= 4 is 22.3 Å². The number of nitrogens with one attached hydrogen (secondary N) is 1. The van der Waals surface area contributed by atoms with E-state index in [1.54, 1.807) is 11.0 Å². The van der Waals surface area contributed by atoms with Crippen LogP contribution in [0.15, 0.2) is 44.9 Å². The molecule has 28 heavy (non-hydrogen) atoms. The van der Waals surface area contributed by atoms with Crippen molar-refractivity contribution in [2.45, 2.75) is 26.4 Å². The van der Waals surface area contributed by atoms with Gasteiger partial charge in [-0.1, -0.05) is 6.07 Å². The van der Waals surface area contributed by atoms with Gasteiger partial charge in [-0.25, -0.2) is 4.79 Å². The summed E-state index contributed by atoms with van der Waals surface area (Å²) in [5.41, 5.74) is 3.83. The topological polar surface area (TPSA) is 60.5 Å². The van der Waals surface area contributed by atoms with Gasteiger partial charge in [0.15, 0.2) is 6.04 Å². The van der Waals surface area contributed by atoms with E-state index in [0.717, 1.165) is 55.9 Å². The van der Waals surface area contributed by atoms with Gasteiger partial charge in [0.05, 0.1) is 18.1 Å². The van der Waals surface area contributed by atoms with E-state index in [1.165, 1.54) is 10.4 Å². The molecule has 2 aromatic heterocycles. The molecule has 5 nitrogen and oxygen atoms in total. The first kappa shape index (κ1) is 19.3. The second kappa shape index (κ2) is 8.57. The molecule has 0 bridgehead atoms. The lowest BCUT2D eigenvalue weighted by atomic mass is 10.0. The molecule has 0 unspecified atom stereocenters. The average Bonchev–Trinajstić information content (AvgIpc) is 3.21. The molecular weight excluding hydrogens is 372 g/mol. The van der Waals surface area contributed by atoms with Crippen molar-refractivity contribution in [3.05, 3.63) is 67.7 Å². The summed E-state index contributed by atoms with van der Waals surface area (Å²) >= 11 is 1.83. The van der Waals surface area contributed by atoms with Gasteiger partial charge in [0.2, 0.25) is 0 Å². The summed E-state index contributed by atoms with van der Waals surface area (Å²) < 4.78 is 11.0. The fourth-order valence-electron chi connectivity index (χ4n) is 4.01. The summed E-state index contributed by atoms with van der Waals surface area (Å²) in [4.78, 5) is 15.1. The first-order valence-corrected chi connectivity index (χ1v) is 10.8. The molecule has 1 aliphatic heterocycles. The van der Waals surface area contributed by atoms with Crippen LogP contribution in [0.2, 0.25) is 0 Å². The minimum atomic E-state index is -0.271. The Bertz CT molecular complexity index is 991. The van der Waals surface area contributed by atoms with Gasteiger partial charge >= 0.3 is 5.63 Å². The second-order valence-corrected chi connectivity index (χ2v) is 8.57. The van der Waals surface area contributed by atoms with E-state index in [1.807, 2.05) is 24.3 Å². The van der Waals surface area contributed by atoms with Gasteiger partial charge in [-0.3, -0.25) is 0 Å². The van der Waals surface area contributed by atoms with Crippen molar-refractivity contribution in [1.29, 1.82) is 0 Å². The zero-order chi connectivity index (χ0) is 19.5. The molecule has 1 fully saturated rings. The Morgan fingerprint density at radius 3 is 2.71 bits per heavy atom. The number of ether oxygens (including phenoxy) is 1. The maximum absolute atomic E-state index is 12.0. The minimum absolute atomic E-state index is 0.271. The van der Waals surface area contributed by atoms with E-state index in [9.17, 15) is 4.79 Å². The summed E-state index contributed by atoms with van der Waals surface area (Å²) in [5.74, 6) is 0. The molecule has 148 valence electrons. The molecule has 3 N–H and O–H groups in total. The van der Waals surface area contributed by atoms with E-state index >= 15 is 0 Å². The third-order valence-electron chi connectivity index (χ3n) is 5.73. The molecule has 0 radical (unpaired) electrons. The smallest absolute Gasteiger partial charge is 0.336 e. The number of quaternary nitrogens is 2. The lowest BCUT2D eigenvalue weighted by Gasteiger charge is -2.30. The molecule has 0 aliphatic carbocycles. The Hall–Kier alpha value is -1.99. The lowest BCUT2D eigenvalue weighted by molar-refractivity contribution is -0.952. The van der Waals surface area contributed by atoms with Gasteiger partial charge in [0.1, 0.15) is 31.8 Å². The van der Waals surface area contributed by atoms with Gasteiger partial charge in [0.25, 0.3) is 0 Å². The third-order valence-corrected chi connectivity index (χ3v) is 6.71. The molecule has 4 rings (SSSR count). The Balaban J connectivity index is 1.53. The van der Waals surface area contributed by atoms with Gasteiger partial charge in [-0.15, -0.1) is 11.3 Å². The predicted molar refractivity (Wildman–Crippen MR) is 111 cm³/mol. The number of rotatable bonds is 6. The molecule has 0 spiro atoms. The molecule has 3 heterocycles.